The molecule has 0 aliphatic heterocycles. The molecule has 1 aliphatic rings. The van der Waals surface area contributed by atoms with Crippen LogP contribution in [0.25, 0.3) is 88.3 Å². The standard InChI is InChI=1S/C75H51N/c1-6-22-52(23-7-1)53-40-42-54(43-41-53)55-44-47-62(48-45-55)76(71-39-21-38-70-74(71)67-36-18-19-37-69(67)75(70,60-29-12-4-13-30-60)61-31-14-5-15-32-61)63-33-20-28-58(50-63)59-46-49-65-64-34-16-17-35-66(64)72(56-24-8-2-9-25-56)73(68(65)51-59)57-26-10-3-11-27-57/h1-51H. The quantitative estimate of drug-likeness (QED) is 0.123. The second kappa shape index (κ2) is 18.9. The van der Waals surface area contributed by atoms with Gasteiger partial charge < -0.3 is 4.90 Å². The largest absolute Gasteiger partial charge is 0.310 e. The van der Waals surface area contributed by atoms with Gasteiger partial charge in [-0.05, 0) is 141 Å². The van der Waals surface area contributed by atoms with E-state index in [-0.39, 0.29) is 0 Å². The van der Waals surface area contributed by atoms with Crippen molar-refractivity contribution in [3.63, 3.8) is 0 Å². The van der Waals surface area contributed by atoms with Crippen molar-refractivity contribution in [1.29, 1.82) is 0 Å². The summed E-state index contributed by atoms with van der Waals surface area (Å²) >= 11 is 0. The van der Waals surface area contributed by atoms with Crippen LogP contribution in [0, 0.1) is 0 Å². The lowest BCUT2D eigenvalue weighted by Crippen LogP contribution is -2.28. The number of fused-ring (bicyclic) bond motifs is 6. The van der Waals surface area contributed by atoms with Crippen LogP contribution in [0.1, 0.15) is 22.3 Å². The van der Waals surface area contributed by atoms with E-state index >= 15 is 0 Å². The predicted octanol–water partition coefficient (Wildman–Crippen LogP) is 20.2. The summed E-state index contributed by atoms with van der Waals surface area (Å²) in [6.07, 6.45) is 0. The van der Waals surface area contributed by atoms with E-state index in [1.165, 1.54) is 99.4 Å². The molecule has 1 aliphatic carbocycles. The van der Waals surface area contributed by atoms with E-state index in [1.807, 2.05) is 0 Å². The molecule has 0 radical (unpaired) electrons. The molecule has 1 heteroatoms. The zero-order valence-corrected chi connectivity index (χ0v) is 41.9. The van der Waals surface area contributed by atoms with Crippen molar-refractivity contribution in [2.75, 3.05) is 4.90 Å². The van der Waals surface area contributed by atoms with Crippen LogP contribution in [0.15, 0.2) is 309 Å². The summed E-state index contributed by atoms with van der Waals surface area (Å²) in [6.45, 7) is 0. The Balaban J connectivity index is 0.976. The fraction of sp³-hybridized carbons (Fsp3) is 0.0133. The summed E-state index contributed by atoms with van der Waals surface area (Å²) in [5, 5.41) is 4.97. The Kier molecular flexibility index (Phi) is 11.2. The van der Waals surface area contributed by atoms with E-state index < -0.39 is 5.41 Å². The van der Waals surface area contributed by atoms with E-state index in [0.29, 0.717) is 0 Å². The van der Waals surface area contributed by atoms with Gasteiger partial charge in [-0.25, -0.2) is 0 Å². The molecule has 14 rings (SSSR count). The zero-order valence-electron chi connectivity index (χ0n) is 41.9. The molecule has 0 bridgehead atoms. The van der Waals surface area contributed by atoms with Crippen molar-refractivity contribution in [1.82, 2.24) is 0 Å². The maximum atomic E-state index is 2.49. The minimum atomic E-state index is -0.544. The molecule has 76 heavy (non-hydrogen) atoms. The van der Waals surface area contributed by atoms with Gasteiger partial charge in [-0.3, -0.25) is 0 Å². The molecule has 356 valence electrons. The summed E-state index contributed by atoms with van der Waals surface area (Å²) < 4.78 is 0. The second-order valence-electron chi connectivity index (χ2n) is 19.9. The molecule has 0 aromatic heterocycles. The molecule has 0 saturated heterocycles. The van der Waals surface area contributed by atoms with Crippen LogP contribution in [-0.4, -0.2) is 0 Å². The van der Waals surface area contributed by atoms with Gasteiger partial charge in [0.25, 0.3) is 0 Å². The molecular formula is C75H51N. The highest BCUT2D eigenvalue weighted by Crippen LogP contribution is 2.59. The second-order valence-corrected chi connectivity index (χ2v) is 19.9. The molecule has 0 heterocycles. The van der Waals surface area contributed by atoms with Gasteiger partial charge in [0.2, 0.25) is 0 Å². The summed E-state index contributed by atoms with van der Waals surface area (Å²) in [6, 6.07) is 114. The molecule has 0 fully saturated rings. The highest BCUT2D eigenvalue weighted by Gasteiger charge is 2.47. The molecule has 0 saturated carbocycles. The van der Waals surface area contributed by atoms with Gasteiger partial charge >= 0.3 is 0 Å². The van der Waals surface area contributed by atoms with Gasteiger partial charge in [0, 0.05) is 16.9 Å². The average molecular weight is 966 g/mol. The lowest BCUT2D eigenvalue weighted by Gasteiger charge is -2.34. The van der Waals surface area contributed by atoms with Crippen LogP contribution in [0.5, 0.6) is 0 Å². The zero-order chi connectivity index (χ0) is 50.4. The first-order valence-electron chi connectivity index (χ1n) is 26.3. The van der Waals surface area contributed by atoms with Crippen molar-refractivity contribution in [2.24, 2.45) is 0 Å². The van der Waals surface area contributed by atoms with Gasteiger partial charge in [0.05, 0.1) is 11.1 Å². The lowest BCUT2D eigenvalue weighted by molar-refractivity contribution is 0.768. The molecule has 0 amide bonds. The Morgan fingerprint density at radius 3 is 1.26 bits per heavy atom. The Labute approximate surface area is 444 Å². The molecule has 13 aromatic rings. The topological polar surface area (TPSA) is 3.24 Å². The third-order valence-electron chi connectivity index (χ3n) is 15.7. The molecule has 13 aromatic carbocycles. The van der Waals surface area contributed by atoms with Gasteiger partial charge in [0.15, 0.2) is 0 Å². The molecule has 0 N–H and O–H groups in total. The molecule has 0 atom stereocenters. The number of rotatable bonds is 10. The van der Waals surface area contributed by atoms with Crippen molar-refractivity contribution in [3.8, 4) is 66.8 Å². The SMILES string of the molecule is c1ccc(-c2ccc(-c3ccc(N(c4cccc(-c5ccc6c(c5)c(-c5ccccc5)c(-c5ccccc5)c5ccccc56)c4)c4cccc5c4-c4ccccc4C5(c4ccccc4)c4ccccc4)cc3)cc2)cc1. The van der Waals surface area contributed by atoms with Crippen LogP contribution in [0.2, 0.25) is 0 Å². The van der Waals surface area contributed by atoms with Gasteiger partial charge in [0.1, 0.15) is 0 Å². The van der Waals surface area contributed by atoms with Gasteiger partial charge in [-0.2, -0.15) is 0 Å². The van der Waals surface area contributed by atoms with Crippen LogP contribution >= 0.6 is 0 Å². The normalized spacial score (nSPS) is 12.3. The van der Waals surface area contributed by atoms with E-state index in [2.05, 4.69) is 314 Å². The minimum absolute atomic E-state index is 0.544. The molecule has 0 spiro atoms. The Morgan fingerprint density at radius 2 is 0.645 bits per heavy atom. The van der Waals surface area contributed by atoms with Crippen molar-refractivity contribution < 1.29 is 0 Å². The number of hydrogen-bond acceptors (Lipinski definition) is 1. The number of hydrogen-bond donors (Lipinski definition) is 0. The van der Waals surface area contributed by atoms with Crippen molar-refractivity contribution >= 4 is 38.6 Å². The van der Waals surface area contributed by atoms with E-state index in [4.69, 9.17) is 0 Å². The van der Waals surface area contributed by atoms with Crippen molar-refractivity contribution in [2.45, 2.75) is 5.41 Å². The monoisotopic (exact) mass is 965 g/mol. The van der Waals surface area contributed by atoms with E-state index in [9.17, 15) is 0 Å². The van der Waals surface area contributed by atoms with Gasteiger partial charge in [-0.15, -0.1) is 0 Å². The number of anilines is 3. The fourth-order valence-corrected chi connectivity index (χ4v) is 12.4. The maximum Gasteiger partial charge on any atom is 0.0714 e. The summed E-state index contributed by atoms with van der Waals surface area (Å²) in [7, 11) is 0. The third-order valence-corrected chi connectivity index (χ3v) is 15.7. The maximum absolute atomic E-state index is 2.49. The van der Waals surface area contributed by atoms with Crippen molar-refractivity contribution in [3.05, 3.63) is 332 Å². The highest BCUT2D eigenvalue weighted by molar-refractivity contribution is 6.22. The first kappa shape index (κ1) is 44.8. The summed E-state index contributed by atoms with van der Waals surface area (Å²) in [4.78, 5) is 2.49. The summed E-state index contributed by atoms with van der Waals surface area (Å²) in [5.41, 5.74) is 22.2. The first-order valence-corrected chi connectivity index (χ1v) is 26.3. The van der Waals surface area contributed by atoms with E-state index in [0.717, 1.165) is 28.2 Å². The smallest absolute Gasteiger partial charge is 0.0714 e. The van der Waals surface area contributed by atoms with Crippen LogP contribution < -0.4 is 4.90 Å². The van der Waals surface area contributed by atoms with Crippen LogP contribution in [0.3, 0.4) is 0 Å². The third kappa shape index (κ3) is 7.47. The van der Waals surface area contributed by atoms with E-state index in [1.54, 1.807) is 0 Å². The van der Waals surface area contributed by atoms with Crippen LogP contribution in [-0.2, 0) is 5.41 Å². The van der Waals surface area contributed by atoms with Gasteiger partial charge in [-0.1, -0.05) is 273 Å². The first-order chi connectivity index (χ1) is 37.7. The average Bonchev–Trinajstić information content (AvgIpc) is 3.83. The number of benzene rings is 13. The Morgan fingerprint density at radius 1 is 0.224 bits per heavy atom. The summed E-state index contributed by atoms with van der Waals surface area (Å²) in [5.74, 6) is 0. The highest BCUT2D eigenvalue weighted by atomic mass is 15.1. The molecule has 1 nitrogen and oxygen atoms in total. The molecular weight excluding hydrogens is 915 g/mol. The predicted molar refractivity (Wildman–Crippen MR) is 321 cm³/mol. The fourth-order valence-electron chi connectivity index (χ4n) is 12.4. The van der Waals surface area contributed by atoms with Crippen LogP contribution in [0.4, 0.5) is 17.1 Å². The Hall–Kier alpha value is -9.82. The lowest BCUT2D eigenvalue weighted by atomic mass is 9.68. The minimum Gasteiger partial charge on any atom is -0.310 e. The molecule has 0 unspecified atom stereocenters. The number of nitrogens with zero attached hydrogens (tertiary/aromatic N) is 1. The Bertz CT molecular complexity index is 4180.